The van der Waals surface area contributed by atoms with Crippen molar-refractivity contribution < 1.29 is 0 Å². The molecule has 0 amide bonds. The Kier molecular flexibility index (Phi) is 7.08. The van der Waals surface area contributed by atoms with Crippen molar-refractivity contribution >= 4 is 29.9 Å². The molecule has 3 rings (SSSR count). The molecule has 1 aromatic heterocycles. The fourth-order valence-electron chi connectivity index (χ4n) is 3.16. The minimum absolute atomic E-state index is 0. The highest BCUT2D eigenvalue weighted by Crippen LogP contribution is 2.22. The molecule has 2 aromatic rings. The van der Waals surface area contributed by atoms with Gasteiger partial charge in [0.1, 0.15) is 0 Å². The maximum atomic E-state index is 6.06. The average Bonchev–Trinajstić information content (AvgIpc) is 2.96. The summed E-state index contributed by atoms with van der Waals surface area (Å²) in [6, 6.07) is 10.7. The highest BCUT2D eigenvalue weighted by molar-refractivity contribution is 14.0. The predicted octanol–water partition coefficient (Wildman–Crippen LogP) is 3.44. The van der Waals surface area contributed by atoms with Crippen molar-refractivity contribution in [3.8, 4) is 11.3 Å². The fraction of sp³-hybridized carbons (Fsp3) is 0.444. The predicted molar refractivity (Wildman–Crippen MR) is 109 cm³/mol. The number of aromatic nitrogens is 2. The van der Waals surface area contributed by atoms with Gasteiger partial charge in [0, 0.05) is 30.4 Å². The molecule has 24 heavy (non-hydrogen) atoms. The van der Waals surface area contributed by atoms with Crippen molar-refractivity contribution in [3.05, 3.63) is 42.1 Å². The second-order valence-corrected chi connectivity index (χ2v) is 6.22. The average molecular weight is 439 g/mol. The van der Waals surface area contributed by atoms with E-state index < -0.39 is 0 Å². The Morgan fingerprint density at radius 1 is 1.25 bits per heavy atom. The summed E-state index contributed by atoms with van der Waals surface area (Å²) in [5.74, 6) is 0.541. The van der Waals surface area contributed by atoms with Gasteiger partial charge in [-0.3, -0.25) is 4.68 Å². The van der Waals surface area contributed by atoms with Crippen molar-refractivity contribution in [1.29, 1.82) is 0 Å². The Hall–Kier alpha value is -1.57. The Labute approximate surface area is 160 Å². The van der Waals surface area contributed by atoms with Gasteiger partial charge < -0.3 is 11.1 Å². The summed E-state index contributed by atoms with van der Waals surface area (Å²) in [6.45, 7) is 0.545. The maximum absolute atomic E-state index is 6.06. The molecule has 1 aliphatic carbocycles. The summed E-state index contributed by atoms with van der Waals surface area (Å²) in [5.41, 5.74) is 9.23. The van der Waals surface area contributed by atoms with E-state index in [1.807, 2.05) is 36.1 Å². The zero-order chi connectivity index (χ0) is 16.1. The molecule has 1 aromatic carbocycles. The van der Waals surface area contributed by atoms with Gasteiger partial charge in [-0.05, 0) is 12.8 Å². The molecule has 3 N–H and O–H groups in total. The van der Waals surface area contributed by atoms with Crippen molar-refractivity contribution in [1.82, 2.24) is 15.1 Å². The molecule has 1 saturated carbocycles. The number of guanidine groups is 1. The lowest BCUT2D eigenvalue weighted by molar-refractivity contribution is 0.412. The van der Waals surface area contributed by atoms with Gasteiger partial charge in [0.15, 0.2) is 5.96 Å². The van der Waals surface area contributed by atoms with Gasteiger partial charge in [0.05, 0.1) is 12.2 Å². The lowest BCUT2D eigenvalue weighted by Gasteiger charge is -2.23. The molecule has 6 heteroatoms. The van der Waals surface area contributed by atoms with E-state index in [4.69, 9.17) is 5.73 Å². The van der Waals surface area contributed by atoms with Crippen LogP contribution in [0.1, 0.15) is 37.7 Å². The first-order valence-electron chi connectivity index (χ1n) is 8.37. The summed E-state index contributed by atoms with van der Waals surface area (Å²) < 4.78 is 1.83. The van der Waals surface area contributed by atoms with Gasteiger partial charge >= 0.3 is 0 Å². The van der Waals surface area contributed by atoms with Gasteiger partial charge in [0.25, 0.3) is 0 Å². The van der Waals surface area contributed by atoms with E-state index in [0.29, 0.717) is 18.5 Å². The molecule has 0 spiro atoms. The number of aryl methyl sites for hydroxylation is 1. The monoisotopic (exact) mass is 439 g/mol. The second-order valence-electron chi connectivity index (χ2n) is 6.22. The number of hydrogen-bond acceptors (Lipinski definition) is 2. The number of halogens is 1. The number of nitrogens with zero attached hydrogens (tertiary/aromatic N) is 3. The smallest absolute Gasteiger partial charge is 0.189 e. The summed E-state index contributed by atoms with van der Waals surface area (Å²) >= 11 is 0. The molecule has 1 heterocycles. The van der Waals surface area contributed by atoms with Crippen molar-refractivity contribution in [2.75, 3.05) is 0 Å². The van der Waals surface area contributed by atoms with E-state index in [9.17, 15) is 0 Å². The van der Waals surface area contributed by atoms with Crippen LogP contribution in [0.3, 0.4) is 0 Å². The van der Waals surface area contributed by atoms with E-state index in [0.717, 1.165) is 16.8 Å². The molecule has 0 aliphatic heterocycles. The Morgan fingerprint density at radius 3 is 2.67 bits per heavy atom. The van der Waals surface area contributed by atoms with E-state index in [-0.39, 0.29) is 24.0 Å². The fourth-order valence-corrected chi connectivity index (χ4v) is 3.16. The summed E-state index contributed by atoms with van der Waals surface area (Å²) in [6.07, 6.45) is 8.30. The minimum atomic E-state index is 0. The van der Waals surface area contributed by atoms with E-state index in [1.165, 1.54) is 32.1 Å². The van der Waals surface area contributed by atoms with Gasteiger partial charge in [0.2, 0.25) is 0 Å². The third kappa shape index (κ3) is 4.96. The van der Waals surface area contributed by atoms with Crippen LogP contribution in [-0.4, -0.2) is 21.8 Å². The van der Waals surface area contributed by atoms with Crippen LogP contribution in [0.15, 0.2) is 41.5 Å². The van der Waals surface area contributed by atoms with Gasteiger partial charge in [-0.2, -0.15) is 5.10 Å². The van der Waals surface area contributed by atoms with Crippen LogP contribution in [0, 0.1) is 0 Å². The van der Waals surface area contributed by atoms with Crippen molar-refractivity contribution in [3.63, 3.8) is 0 Å². The largest absolute Gasteiger partial charge is 0.370 e. The van der Waals surface area contributed by atoms with Crippen LogP contribution >= 0.6 is 24.0 Å². The molecule has 130 valence electrons. The standard InChI is InChI=1S/C18H25N5.HI/c1-23-13-15(17(22-23)14-8-4-2-5-9-14)12-20-18(19)21-16-10-6-3-7-11-16;/h2,4-5,8-9,13,16H,3,6-7,10-12H2,1H3,(H3,19,20,21);1H. The van der Waals surface area contributed by atoms with Crippen LogP contribution in [0.25, 0.3) is 11.3 Å². The number of hydrogen-bond donors (Lipinski definition) is 2. The lowest BCUT2D eigenvalue weighted by Crippen LogP contribution is -2.41. The lowest BCUT2D eigenvalue weighted by atomic mass is 9.96. The third-order valence-corrected chi connectivity index (χ3v) is 4.33. The number of rotatable bonds is 4. The van der Waals surface area contributed by atoms with Crippen LogP contribution in [0.4, 0.5) is 0 Å². The van der Waals surface area contributed by atoms with E-state index in [1.54, 1.807) is 0 Å². The number of benzene rings is 1. The van der Waals surface area contributed by atoms with Crippen molar-refractivity contribution in [2.24, 2.45) is 17.8 Å². The zero-order valence-corrected chi connectivity index (χ0v) is 16.4. The minimum Gasteiger partial charge on any atom is -0.370 e. The Balaban J connectivity index is 0.00000208. The summed E-state index contributed by atoms with van der Waals surface area (Å²) in [7, 11) is 1.93. The highest BCUT2D eigenvalue weighted by Gasteiger charge is 2.14. The molecule has 0 atom stereocenters. The van der Waals surface area contributed by atoms with Crippen LogP contribution in [-0.2, 0) is 13.6 Å². The Morgan fingerprint density at radius 2 is 1.96 bits per heavy atom. The normalized spacial score (nSPS) is 15.8. The third-order valence-electron chi connectivity index (χ3n) is 4.33. The van der Waals surface area contributed by atoms with E-state index >= 15 is 0 Å². The first-order valence-corrected chi connectivity index (χ1v) is 8.37. The van der Waals surface area contributed by atoms with Crippen molar-refractivity contribution in [2.45, 2.75) is 44.7 Å². The topological polar surface area (TPSA) is 68.2 Å². The first kappa shape index (κ1) is 18.8. The summed E-state index contributed by atoms with van der Waals surface area (Å²) in [4.78, 5) is 4.52. The molecule has 0 radical (unpaired) electrons. The number of nitrogens with two attached hydrogens (primary N) is 1. The molecular weight excluding hydrogens is 413 g/mol. The first-order chi connectivity index (χ1) is 11.2. The molecule has 1 aliphatic rings. The van der Waals surface area contributed by atoms with Crippen LogP contribution in [0.5, 0.6) is 0 Å². The zero-order valence-electron chi connectivity index (χ0n) is 14.1. The van der Waals surface area contributed by atoms with Gasteiger partial charge in [-0.1, -0.05) is 49.6 Å². The molecule has 1 fully saturated rings. The van der Waals surface area contributed by atoms with Gasteiger partial charge in [-0.15, -0.1) is 24.0 Å². The molecule has 0 saturated heterocycles. The number of nitrogens with one attached hydrogen (secondary N) is 1. The molecule has 0 bridgehead atoms. The second kappa shape index (κ2) is 9.05. The molecule has 0 unspecified atom stereocenters. The van der Waals surface area contributed by atoms with Crippen LogP contribution < -0.4 is 11.1 Å². The van der Waals surface area contributed by atoms with Crippen LogP contribution in [0.2, 0.25) is 0 Å². The summed E-state index contributed by atoms with van der Waals surface area (Å²) in [5, 5.41) is 7.92. The quantitative estimate of drug-likeness (QED) is 0.436. The SMILES string of the molecule is Cn1cc(CN=C(N)NC2CCCCC2)c(-c2ccccc2)n1.I. The maximum Gasteiger partial charge on any atom is 0.189 e. The molecule has 5 nitrogen and oxygen atoms in total. The van der Waals surface area contributed by atoms with E-state index in [2.05, 4.69) is 27.5 Å². The highest BCUT2D eigenvalue weighted by atomic mass is 127. The Bertz CT molecular complexity index is 659. The van der Waals surface area contributed by atoms with Gasteiger partial charge in [-0.25, -0.2) is 4.99 Å². The number of aliphatic imine (C=N–C) groups is 1. The molecular formula is C18H26IN5.